The van der Waals surface area contributed by atoms with Crippen molar-refractivity contribution in [1.29, 1.82) is 0 Å². The Kier molecular flexibility index (Phi) is 5.02. The van der Waals surface area contributed by atoms with Crippen molar-refractivity contribution in [2.24, 2.45) is 0 Å². The third-order valence-corrected chi connectivity index (χ3v) is 4.97. The van der Waals surface area contributed by atoms with E-state index in [0.717, 1.165) is 12.8 Å². The molecule has 15 heavy (non-hydrogen) atoms. The molecule has 0 unspecified atom stereocenters. The second kappa shape index (κ2) is 5.82. The molecular formula is C10H21NO3S. The zero-order valence-electron chi connectivity index (χ0n) is 9.53. The quantitative estimate of drug-likeness (QED) is 0.556. The SMILES string of the molecule is CC(C)S(=O)(=O)CCNOC1CCCC1. The summed E-state index contributed by atoms with van der Waals surface area (Å²) in [4.78, 5) is 5.36. The van der Waals surface area contributed by atoms with Crippen molar-refractivity contribution in [2.45, 2.75) is 50.9 Å². The summed E-state index contributed by atoms with van der Waals surface area (Å²) in [7, 11) is -2.94. The van der Waals surface area contributed by atoms with E-state index < -0.39 is 9.84 Å². The van der Waals surface area contributed by atoms with Crippen LogP contribution < -0.4 is 5.48 Å². The summed E-state index contributed by atoms with van der Waals surface area (Å²) in [5.74, 6) is 0.150. The van der Waals surface area contributed by atoms with E-state index in [2.05, 4.69) is 5.48 Å². The van der Waals surface area contributed by atoms with E-state index in [-0.39, 0.29) is 17.1 Å². The molecule has 90 valence electrons. The Labute approximate surface area is 92.3 Å². The second-order valence-electron chi connectivity index (χ2n) is 4.33. The van der Waals surface area contributed by atoms with Gasteiger partial charge in [-0.25, -0.2) is 13.9 Å². The molecule has 1 fully saturated rings. The minimum Gasteiger partial charge on any atom is -0.298 e. The standard InChI is InChI=1S/C10H21NO3S/c1-9(2)15(12,13)8-7-11-14-10-5-3-4-6-10/h9-11H,3-8H2,1-2H3. The maximum atomic E-state index is 11.4. The van der Waals surface area contributed by atoms with E-state index in [1.165, 1.54) is 12.8 Å². The van der Waals surface area contributed by atoms with E-state index in [1.807, 2.05) is 0 Å². The van der Waals surface area contributed by atoms with Crippen molar-refractivity contribution in [2.75, 3.05) is 12.3 Å². The van der Waals surface area contributed by atoms with Crippen molar-refractivity contribution < 1.29 is 13.3 Å². The van der Waals surface area contributed by atoms with Gasteiger partial charge >= 0.3 is 0 Å². The van der Waals surface area contributed by atoms with Crippen molar-refractivity contribution in [3.05, 3.63) is 0 Å². The fourth-order valence-electron chi connectivity index (χ4n) is 1.60. The highest BCUT2D eigenvalue weighted by molar-refractivity contribution is 7.92. The number of rotatable bonds is 6. The maximum absolute atomic E-state index is 11.4. The van der Waals surface area contributed by atoms with Gasteiger partial charge < -0.3 is 0 Å². The third-order valence-electron chi connectivity index (χ3n) is 2.76. The molecular weight excluding hydrogens is 214 g/mol. The van der Waals surface area contributed by atoms with Crippen molar-refractivity contribution >= 4 is 9.84 Å². The lowest BCUT2D eigenvalue weighted by Gasteiger charge is -2.12. The van der Waals surface area contributed by atoms with Crippen LogP contribution in [0, 0.1) is 0 Å². The van der Waals surface area contributed by atoms with Gasteiger partial charge in [-0.05, 0) is 26.7 Å². The highest BCUT2D eigenvalue weighted by Gasteiger charge is 2.17. The average molecular weight is 235 g/mol. The molecule has 0 heterocycles. The van der Waals surface area contributed by atoms with Gasteiger partial charge in [0.15, 0.2) is 9.84 Å². The summed E-state index contributed by atoms with van der Waals surface area (Å²) < 4.78 is 22.9. The van der Waals surface area contributed by atoms with E-state index in [9.17, 15) is 8.42 Å². The normalized spacial score (nSPS) is 18.9. The van der Waals surface area contributed by atoms with Crippen LogP contribution in [0.25, 0.3) is 0 Å². The maximum Gasteiger partial charge on any atom is 0.153 e. The van der Waals surface area contributed by atoms with Gasteiger partial charge in [-0.1, -0.05) is 12.8 Å². The molecule has 0 aromatic rings. The van der Waals surface area contributed by atoms with Crippen LogP contribution in [0.5, 0.6) is 0 Å². The van der Waals surface area contributed by atoms with Crippen LogP contribution >= 0.6 is 0 Å². The van der Waals surface area contributed by atoms with Crippen LogP contribution in [0.1, 0.15) is 39.5 Å². The summed E-state index contributed by atoms with van der Waals surface area (Å²) in [6, 6.07) is 0. The lowest BCUT2D eigenvalue weighted by molar-refractivity contribution is -0.0175. The highest BCUT2D eigenvalue weighted by atomic mass is 32.2. The van der Waals surface area contributed by atoms with Gasteiger partial charge in [-0.3, -0.25) is 4.84 Å². The summed E-state index contributed by atoms with van der Waals surface area (Å²) in [5.41, 5.74) is 2.76. The van der Waals surface area contributed by atoms with Gasteiger partial charge in [-0.15, -0.1) is 0 Å². The van der Waals surface area contributed by atoms with E-state index in [1.54, 1.807) is 13.8 Å². The van der Waals surface area contributed by atoms with Gasteiger partial charge in [0.1, 0.15) is 0 Å². The lowest BCUT2D eigenvalue weighted by Crippen LogP contribution is -2.29. The van der Waals surface area contributed by atoms with Gasteiger partial charge in [0.25, 0.3) is 0 Å². The predicted molar refractivity (Wildman–Crippen MR) is 60.3 cm³/mol. The minimum atomic E-state index is -2.94. The van der Waals surface area contributed by atoms with Gasteiger partial charge in [0.2, 0.25) is 0 Å². The van der Waals surface area contributed by atoms with Crippen LogP contribution in [0.4, 0.5) is 0 Å². The molecule has 4 nitrogen and oxygen atoms in total. The van der Waals surface area contributed by atoms with Gasteiger partial charge in [0.05, 0.1) is 17.1 Å². The van der Waals surface area contributed by atoms with E-state index in [0.29, 0.717) is 6.54 Å². The van der Waals surface area contributed by atoms with E-state index in [4.69, 9.17) is 4.84 Å². The molecule has 1 N–H and O–H groups in total. The Morgan fingerprint density at radius 1 is 1.33 bits per heavy atom. The Balaban J connectivity index is 2.11. The summed E-state index contributed by atoms with van der Waals surface area (Å²) >= 11 is 0. The van der Waals surface area contributed by atoms with Crippen LogP contribution in [-0.2, 0) is 14.7 Å². The Bertz CT molecular complexity index is 268. The predicted octanol–water partition coefficient (Wildman–Crippen LogP) is 1.27. The van der Waals surface area contributed by atoms with Gasteiger partial charge in [-0.2, -0.15) is 0 Å². The number of nitrogens with one attached hydrogen (secondary N) is 1. The first-order valence-corrected chi connectivity index (χ1v) is 7.34. The molecule has 0 radical (unpaired) electrons. The Morgan fingerprint density at radius 3 is 2.47 bits per heavy atom. The fourth-order valence-corrected chi connectivity index (χ4v) is 2.44. The molecule has 5 heteroatoms. The molecule has 1 aliphatic carbocycles. The topological polar surface area (TPSA) is 55.4 Å². The average Bonchev–Trinajstić information content (AvgIpc) is 2.64. The smallest absolute Gasteiger partial charge is 0.153 e. The van der Waals surface area contributed by atoms with Crippen molar-refractivity contribution in [3.8, 4) is 0 Å². The van der Waals surface area contributed by atoms with Crippen molar-refractivity contribution in [1.82, 2.24) is 5.48 Å². The highest BCUT2D eigenvalue weighted by Crippen LogP contribution is 2.19. The zero-order valence-corrected chi connectivity index (χ0v) is 10.3. The van der Waals surface area contributed by atoms with Crippen LogP contribution in [-0.4, -0.2) is 32.1 Å². The molecule has 1 aliphatic rings. The monoisotopic (exact) mass is 235 g/mol. The Hall–Kier alpha value is -0.130. The van der Waals surface area contributed by atoms with Crippen LogP contribution in [0.3, 0.4) is 0 Å². The van der Waals surface area contributed by atoms with Crippen molar-refractivity contribution in [3.63, 3.8) is 0 Å². The molecule has 0 atom stereocenters. The summed E-state index contributed by atoms with van der Waals surface area (Å²) in [6.07, 6.45) is 4.90. The second-order valence-corrected chi connectivity index (χ2v) is 7.01. The molecule has 0 spiro atoms. The first-order chi connectivity index (χ1) is 7.02. The first-order valence-electron chi connectivity index (χ1n) is 5.62. The molecule has 0 aromatic carbocycles. The molecule has 0 amide bonds. The molecule has 0 saturated heterocycles. The summed E-state index contributed by atoms with van der Waals surface area (Å²) in [6.45, 7) is 3.79. The molecule has 0 aromatic heterocycles. The lowest BCUT2D eigenvalue weighted by atomic mass is 10.3. The first kappa shape index (κ1) is 12.9. The number of sulfone groups is 1. The van der Waals surface area contributed by atoms with Gasteiger partial charge in [0, 0.05) is 6.54 Å². The zero-order chi connectivity index (χ0) is 11.3. The van der Waals surface area contributed by atoms with E-state index >= 15 is 0 Å². The number of hydrogen-bond donors (Lipinski definition) is 1. The minimum absolute atomic E-state index is 0.150. The molecule has 1 rings (SSSR count). The Morgan fingerprint density at radius 2 is 1.93 bits per heavy atom. The fraction of sp³-hybridized carbons (Fsp3) is 1.00. The van der Waals surface area contributed by atoms with Crippen LogP contribution in [0.2, 0.25) is 0 Å². The summed E-state index contributed by atoms with van der Waals surface area (Å²) in [5, 5.41) is -0.300. The molecule has 0 bridgehead atoms. The molecule has 0 aliphatic heterocycles. The largest absolute Gasteiger partial charge is 0.298 e. The van der Waals surface area contributed by atoms with Crippen LogP contribution in [0.15, 0.2) is 0 Å². The molecule has 1 saturated carbocycles. The third kappa shape index (κ3) is 4.49. The number of hydrogen-bond acceptors (Lipinski definition) is 4. The number of hydroxylamine groups is 1.